The Balaban J connectivity index is 2.08. The summed E-state index contributed by atoms with van der Waals surface area (Å²) in [5.41, 5.74) is 0. The zero-order valence-corrected chi connectivity index (χ0v) is 14.8. The van der Waals surface area contributed by atoms with Crippen LogP contribution < -0.4 is 4.48 Å². The zero-order chi connectivity index (χ0) is 15.6. The molecule has 0 spiro atoms. The molecule has 6 nitrogen and oxygen atoms in total. The molecule has 0 N–H and O–H groups in total. The second-order valence-electron chi connectivity index (χ2n) is 5.36. The maximum absolute atomic E-state index is 5.61. The van der Waals surface area contributed by atoms with Crippen LogP contribution in [0.1, 0.15) is 0 Å². The molecule has 0 aliphatic carbocycles. The van der Waals surface area contributed by atoms with Crippen molar-refractivity contribution in [2.24, 2.45) is 21.1 Å². The highest BCUT2D eigenvalue weighted by molar-refractivity contribution is 7.99. The fourth-order valence-corrected chi connectivity index (χ4v) is 4.28. The average Bonchev–Trinajstić information content (AvgIpc) is 3.05. The van der Waals surface area contributed by atoms with Crippen molar-refractivity contribution in [2.75, 3.05) is 0 Å². The van der Waals surface area contributed by atoms with E-state index in [4.69, 9.17) is 24.4 Å². The van der Waals surface area contributed by atoms with E-state index in [1.807, 2.05) is 42.7 Å². The van der Waals surface area contributed by atoms with Crippen molar-refractivity contribution in [3.8, 4) is 0 Å². The monoisotopic (exact) mass is 349 g/mol. The van der Waals surface area contributed by atoms with E-state index in [0.717, 1.165) is 19.7 Å². The van der Waals surface area contributed by atoms with Gasteiger partial charge in [-0.05, 0) is 36.8 Å². The van der Waals surface area contributed by atoms with Crippen LogP contribution in [0, 0.1) is 9.54 Å². The Morgan fingerprint density at radius 2 is 1.77 bits per heavy atom. The van der Waals surface area contributed by atoms with E-state index in [0.29, 0.717) is 0 Å². The maximum Gasteiger partial charge on any atom is 0.338 e. The molecule has 0 aromatic carbocycles. The van der Waals surface area contributed by atoms with Crippen LogP contribution in [0.15, 0.2) is 41.2 Å². The van der Waals surface area contributed by atoms with Crippen LogP contribution in [0.2, 0.25) is 0 Å². The molecule has 0 unspecified atom stereocenters. The first-order chi connectivity index (χ1) is 10.5. The molecular weight excluding hydrogens is 335 g/mol. The second kappa shape index (κ2) is 4.74. The van der Waals surface area contributed by atoms with Gasteiger partial charge in [0.2, 0.25) is 0 Å². The molecule has 3 aromatic heterocycles. The third kappa shape index (κ3) is 1.77. The number of imidazole rings is 3. The van der Waals surface area contributed by atoms with Gasteiger partial charge in [-0.25, -0.2) is 4.57 Å². The Kier molecular flexibility index (Phi) is 3.04. The van der Waals surface area contributed by atoms with Gasteiger partial charge in [-0.3, -0.25) is 0 Å². The van der Waals surface area contributed by atoms with Crippen LogP contribution in [0.5, 0.6) is 0 Å². The molecule has 0 amide bonds. The summed E-state index contributed by atoms with van der Waals surface area (Å²) in [6.45, 7) is 0. The topological polar surface area (TPSA) is 28.5 Å². The summed E-state index contributed by atoms with van der Waals surface area (Å²) in [6, 6.07) is 0. The molecule has 3 aromatic rings. The third-order valence-electron chi connectivity index (χ3n) is 3.98. The van der Waals surface area contributed by atoms with Gasteiger partial charge in [-0.15, -0.1) is 0 Å². The normalized spacial score (nSPS) is 14.1. The Morgan fingerprint density at radius 3 is 2.45 bits per heavy atom. The van der Waals surface area contributed by atoms with Crippen LogP contribution >= 0.6 is 36.2 Å². The van der Waals surface area contributed by atoms with E-state index in [1.165, 1.54) is 0 Å². The zero-order valence-electron chi connectivity index (χ0n) is 12.4. The van der Waals surface area contributed by atoms with Gasteiger partial charge in [0.1, 0.15) is 20.8 Å². The Bertz CT molecular complexity index is 1000. The molecule has 0 atom stereocenters. The highest BCUT2D eigenvalue weighted by Crippen LogP contribution is 2.28. The van der Waals surface area contributed by atoms with Crippen LogP contribution in [-0.4, -0.2) is 29.8 Å². The average molecular weight is 349 g/mol. The first-order valence-electron chi connectivity index (χ1n) is 6.74. The lowest BCUT2D eigenvalue weighted by atomic mass is 9.92. The molecule has 1 aliphatic rings. The van der Waals surface area contributed by atoms with E-state index in [-0.39, 0.29) is 7.12 Å². The highest BCUT2D eigenvalue weighted by atomic mass is 32.2. The summed E-state index contributed by atoms with van der Waals surface area (Å²) in [5, 5.41) is 2.25. The Morgan fingerprint density at radius 1 is 1.00 bits per heavy atom. The number of nitrogens with zero attached hydrogens (tertiary/aromatic N) is 6. The fraction of sp³-hybridized carbons (Fsp3) is 0.250. The minimum absolute atomic E-state index is 0.132. The molecule has 2 bridgehead atoms. The van der Waals surface area contributed by atoms with Crippen molar-refractivity contribution < 1.29 is 4.48 Å². The standard InChI is InChI=1S/C12H14BN6S3/c1-14-4-6-17(10(14)20)13-18-7-5-15(2)12(18)22-9-8-19(13)11(21)16(9)3/h4-8H,1-3H3. The quantitative estimate of drug-likeness (QED) is 0.385. The Labute approximate surface area is 142 Å². The van der Waals surface area contributed by atoms with Gasteiger partial charge in [0.15, 0.2) is 0 Å². The summed E-state index contributed by atoms with van der Waals surface area (Å²) in [4.78, 5) is 0. The van der Waals surface area contributed by atoms with Gasteiger partial charge >= 0.3 is 7.12 Å². The molecule has 10 heteroatoms. The molecule has 4 rings (SSSR count). The smallest absolute Gasteiger partial charge is 0.338 e. The highest BCUT2D eigenvalue weighted by Gasteiger charge is 2.28. The molecular formula is C12H14BN6S3. The minimum atomic E-state index is -0.132. The van der Waals surface area contributed by atoms with E-state index in [9.17, 15) is 0 Å². The molecule has 1 radical (unpaired) electrons. The molecule has 4 heterocycles. The lowest BCUT2D eigenvalue weighted by Crippen LogP contribution is -2.61. The summed E-state index contributed by atoms with van der Waals surface area (Å²) in [7, 11) is 5.87. The number of hydrogen-bond acceptors (Lipinski definition) is 3. The van der Waals surface area contributed by atoms with Crippen molar-refractivity contribution in [3.05, 3.63) is 40.5 Å². The number of fused-ring (bicyclic) bond motifs is 3. The van der Waals surface area contributed by atoms with Crippen molar-refractivity contribution in [3.63, 3.8) is 0 Å². The number of rotatable bonds is 1. The van der Waals surface area contributed by atoms with Crippen molar-refractivity contribution >= 4 is 43.3 Å². The lowest BCUT2D eigenvalue weighted by Gasteiger charge is -2.27. The van der Waals surface area contributed by atoms with Crippen LogP contribution in [-0.2, 0) is 21.1 Å². The lowest BCUT2D eigenvalue weighted by molar-refractivity contribution is -0.586. The SMILES string of the molecule is Cn1cc[n+]2c1Sc1cn(c(=S)n1C)[B-]2n1ccn(C)c1=S. The van der Waals surface area contributed by atoms with Crippen LogP contribution in [0.25, 0.3) is 0 Å². The molecule has 0 saturated carbocycles. The van der Waals surface area contributed by atoms with Gasteiger partial charge in [0.25, 0.3) is 5.16 Å². The summed E-state index contributed by atoms with van der Waals surface area (Å²) in [6.07, 6.45) is 10.2. The predicted molar refractivity (Wildman–Crippen MR) is 90.2 cm³/mol. The maximum atomic E-state index is 5.61. The largest absolute Gasteiger partial charge is 0.462 e. The van der Waals surface area contributed by atoms with Gasteiger partial charge in [0, 0.05) is 32.1 Å². The number of aromatic nitrogens is 6. The van der Waals surface area contributed by atoms with E-state index >= 15 is 0 Å². The van der Waals surface area contributed by atoms with Crippen LogP contribution in [0.3, 0.4) is 0 Å². The van der Waals surface area contributed by atoms with Gasteiger partial charge in [0.05, 0.1) is 13.2 Å². The third-order valence-corrected chi connectivity index (χ3v) is 6.23. The van der Waals surface area contributed by atoms with Gasteiger partial charge in [-0.2, -0.15) is 0 Å². The predicted octanol–water partition coefficient (Wildman–Crippen LogP) is 1.45. The fourth-order valence-electron chi connectivity index (χ4n) is 2.72. The molecule has 113 valence electrons. The van der Waals surface area contributed by atoms with Gasteiger partial charge in [-0.1, -0.05) is 0 Å². The van der Waals surface area contributed by atoms with E-state index in [1.54, 1.807) is 11.8 Å². The molecule has 0 saturated heterocycles. The number of hydrogen-bond donors (Lipinski definition) is 0. The summed E-state index contributed by atoms with van der Waals surface area (Å²) >= 11 is 12.9. The van der Waals surface area contributed by atoms with Crippen molar-refractivity contribution in [2.45, 2.75) is 10.2 Å². The second-order valence-corrected chi connectivity index (χ2v) is 7.08. The summed E-state index contributed by atoms with van der Waals surface area (Å²) < 4.78 is 14.0. The van der Waals surface area contributed by atoms with E-state index in [2.05, 4.69) is 36.6 Å². The van der Waals surface area contributed by atoms with Crippen molar-refractivity contribution in [1.29, 1.82) is 0 Å². The Hall–Kier alpha value is -1.52. The minimum Gasteiger partial charge on any atom is -0.462 e. The van der Waals surface area contributed by atoms with Crippen molar-refractivity contribution in [1.82, 2.24) is 22.7 Å². The molecule has 1 aliphatic heterocycles. The van der Waals surface area contributed by atoms with Gasteiger partial charge < -0.3 is 22.6 Å². The first-order valence-corrected chi connectivity index (χ1v) is 8.38. The number of aryl methyl sites for hydroxylation is 2. The molecule has 0 fully saturated rings. The first kappa shape index (κ1) is 14.1. The molecule has 22 heavy (non-hydrogen) atoms. The summed E-state index contributed by atoms with van der Waals surface area (Å²) in [5.74, 6) is 0. The van der Waals surface area contributed by atoms with E-state index < -0.39 is 0 Å². The van der Waals surface area contributed by atoms with Crippen LogP contribution in [0.4, 0.5) is 0 Å².